The summed E-state index contributed by atoms with van der Waals surface area (Å²) in [5.41, 5.74) is 13.4. The minimum atomic E-state index is 0.908. The third-order valence-electron chi connectivity index (χ3n) is 10.0. The molecule has 0 atom stereocenters. The van der Waals surface area contributed by atoms with Crippen LogP contribution in [0.15, 0.2) is 199 Å². The predicted molar refractivity (Wildman–Crippen MR) is 214 cm³/mol. The van der Waals surface area contributed by atoms with Gasteiger partial charge in [0.05, 0.1) is 11.0 Å². The van der Waals surface area contributed by atoms with E-state index in [-0.39, 0.29) is 0 Å². The lowest BCUT2D eigenvalue weighted by atomic mass is 10.0. The van der Waals surface area contributed by atoms with Gasteiger partial charge in [-0.25, -0.2) is 0 Å². The van der Waals surface area contributed by atoms with Crippen molar-refractivity contribution in [2.45, 2.75) is 0 Å². The summed E-state index contributed by atoms with van der Waals surface area (Å²) in [7, 11) is 0. The van der Waals surface area contributed by atoms with Crippen LogP contribution in [0.2, 0.25) is 0 Å². The van der Waals surface area contributed by atoms with Gasteiger partial charge in [-0.3, -0.25) is 0 Å². The van der Waals surface area contributed by atoms with E-state index >= 15 is 0 Å². The summed E-state index contributed by atoms with van der Waals surface area (Å²) in [6.45, 7) is 0. The molecular formula is C48H32N2O. The third kappa shape index (κ3) is 4.98. The molecule has 0 radical (unpaired) electrons. The van der Waals surface area contributed by atoms with E-state index in [1.807, 2.05) is 12.1 Å². The molecule has 3 heteroatoms. The Morgan fingerprint density at radius 1 is 0.333 bits per heavy atom. The van der Waals surface area contributed by atoms with Crippen LogP contribution in [0.5, 0.6) is 0 Å². The van der Waals surface area contributed by atoms with Gasteiger partial charge in [0.25, 0.3) is 0 Å². The van der Waals surface area contributed by atoms with E-state index in [0.717, 1.165) is 55.8 Å². The largest absolute Gasteiger partial charge is 0.456 e. The van der Waals surface area contributed by atoms with Crippen molar-refractivity contribution in [1.82, 2.24) is 4.57 Å². The van der Waals surface area contributed by atoms with Crippen LogP contribution in [-0.2, 0) is 0 Å². The fourth-order valence-electron chi connectivity index (χ4n) is 7.54. The van der Waals surface area contributed by atoms with E-state index in [9.17, 15) is 0 Å². The first-order valence-corrected chi connectivity index (χ1v) is 17.3. The Labute approximate surface area is 295 Å². The molecular weight excluding hydrogens is 621 g/mol. The van der Waals surface area contributed by atoms with Crippen LogP contribution in [0.3, 0.4) is 0 Å². The van der Waals surface area contributed by atoms with Crippen molar-refractivity contribution >= 4 is 60.8 Å². The van der Waals surface area contributed by atoms with Gasteiger partial charge in [-0.1, -0.05) is 115 Å². The average Bonchev–Trinajstić information content (AvgIpc) is 3.75. The van der Waals surface area contributed by atoms with Gasteiger partial charge >= 0.3 is 0 Å². The average molecular weight is 653 g/mol. The Kier molecular flexibility index (Phi) is 6.81. The molecule has 0 aliphatic carbocycles. The summed E-state index contributed by atoms with van der Waals surface area (Å²) >= 11 is 0. The molecule has 240 valence electrons. The van der Waals surface area contributed by atoms with Gasteiger partial charge < -0.3 is 13.9 Å². The van der Waals surface area contributed by atoms with Crippen molar-refractivity contribution in [2.24, 2.45) is 0 Å². The maximum absolute atomic E-state index is 6.09. The van der Waals surface area contributed by atoms with Gasteiger partial charge in [0.2, 0.25) is 0 Å². The fourth-order valence-corrected chi connectivity index (χ4v) is 7.54. The van der Waals surface area contributed by atoms with Crippen LogP contribution in [-0.4, -0.2) is 4.57 Å². The van der Waals surface area contributed by atoms with E-state index < -0.39 is 0 Å². The number of benzene rings is 8. The standard InChI is InChI=1S/C48H32N2O/c1-2-10-33(11-3-1)34-18-23-37(24-19-34)49(38-25-20-35(21-26-38)36-22-31-48-44(32-36)43-14-6-9-17-47(43)51-48)39-27-29-40(30-28-39)50-45-15-7-4-12-41(45)42-13-5-8-16-46(42)50/h1-32H. The molecule has 0 fully saturated rings. The van der Waals surface area contributed by atoms with Gasteiger partial charge in [0.15, 0.2) is 0 Å². The van der Waals surface area contributed by atoms with Gasteiger partial charge in [0, 0.05) is 44.3 Å². The molecule has 2 aromatic heterocycles. The first kappa shape index (κ1) is 29.1. The third-order valence-corrected chi connectivity index (χ3v) is 10.0. The van der Waals surface area contributed by atoms with E-state index in [1.165, 1.54) is 32.9 Å². The highest BCUT2D eigenvalue weighted by Gasteiger charge is 2.16. The first-order valence-electron chi connectivity index (χ1n) is 17.3. The van der Waals surface area contributed by atoms with Gasteiger partial charge in [0.1, 0.15) is 11.2 Å². The minimum absolute atomic E-state index is 0.908. The molecule has 10 aromatic rings. The number of hydrogen-bond acceptors (Lipinski definition) is 2. The van der Waals surface area contributed by atoms with Crippen LogP contribution in [0.4, 0.5) is 17.1 Å². The Morgan fingerprint density at radius 2 is 0.784 bits per heavy atom. The number of rotatable bonds is 6. The van der Waals surface area contributed by atoms with Gasteiger partial charge in [-0.2, -0.15) is 0 Å². The van der Waals surface area contributed by atoms with Crippen molar-refractivity contribution in [3.8, 4) is 27.9 Å². The summed E-state index contributed by atoms with van der Waals surface area (Å²) in [6.07, 6.45) is 0. The topological polar surface area (TPSA) is 21.3 Å². The van der Waals surface area contributed by atoms with Crippen molar-refractivity contribution < 1.29 is 4.42 Å². The number of para-hydroxylation sites is 3. The number of anilines is 3. The highest BCUT2D eigenvalue weighted by Crippen LogP contribution is 2.39. The van der Waals surface area contributed by atoms with Crippen molar-refractivity contribution in [1.29, 1.82) is 0 Å². The minimum Gasteiger partial charge on any atom is -0.456 e. The molecule has 0 unspecified atom stereocenters. The normalized spacial score (nSPS) is 11.5. The number of hydrogen-bond donors (Lipinski definition) is 0. The van der Waals surface area contributed by atoms with Gasteiger partial charge in [-0.15, -0.1) is 0 Å². The Bertz CT molecular complexity index is 2770. The Hall–Kier alpha value is -6.84. The molecule has 0 N–H and O–H groups in total. The highest BCUT2D eigenvalue weighted by molar-refractivity contribution is 6.09. The zero-order chi connectivity index (χ0) is 33.7. The smallest absolute Gasteiger partial charge is 0.135 e. The van der Waals surface area contributed by atoms with E-state index in [2.05, 4.69) is 191 Å². The fraction of sp³-hybridized carbons (Fsp3) is 0. The molecule has 0 saturated heterocycles. The second kappa shape index (κ2) is 11.9. The summed E-state index contributed by atoms with van der Waals surface area (Å²) < 4.78 is 8.46. The molecule has 0 aliphatic rings. The van der Waals surface area contributed by atoms with Crippen LogP contribution in [0.1, 0.15) is 0 Å². The number of fused-ring (bicyclic) bond motifs is 6. The van der Waals surface area contributed by atoms with Crippen LogP contribution in [0.25, 0.3) is 71.7 Å². The van der Waals surface area contributed by atoms with Crippen LogP contribution >= 0.6 is 0 Å². The molecule has 8 aromatic carbocycles. The second-order valence-corrected chi connectivity index (χ2v) is 13.0. The molecule has 3 nitrogen and oxygen atoms in total. The van der Waals surface area contributed by atoms with E-state index in [1.54, 1.807) is 0 Å². The molecule has 0 bridgehead atoms. The van der Waals surface area contributed by atoms with Crippen molar-refractivity contribution in [3.63, 3.8) is 0 Å². The predicted octanol–water partition coefficient (Wildman–Crippen LogP) is 13.5. The maximum Gasteiger partial charge on any atom is 0.135 e. The lowest BCUT2D eigenvalue weighted by molar-refractivity contribution is 0.669. The first-order chi connectivity index (χ1) is 25.3. The lowest BCUT2D eigenvalue weighted by Gasteiger charge is -2.26. The van der Waals surface area contributed by atoms with E-state index in [0.29, 0.717) is 0 Å². The monoisotopic (exact) mass is 652 g/mol. The summed E-state index contributed by atoms with van der Waals surface area (Å²) in [5, 5.41) is 4.80. The number of nitrogens with zero attached hydrogens (tertiary/aromatic N) is 2. The maximum atomic E-state index is 6.09. The molecule has 0 spiro atoms. The summed E-state index contributed by atoms with van der Waals surface area (Å²) in [5.74, 6) is 0. The van der Waals surface area contributed by atoms with Crippen LogP contribution in [0, 0.1) is 0 Å². The van der Waals surface area contributed by atoms with Crippen LogP contribution < -0.4 is 4.90 Å². The second-order valence-electron chi connectivity index (χ2n) is 13.0. The SMILES string of the molecule is c1ccc(-c2ccc(N(c3ccc(-c4ccc5oc6ccccc6c5c4)cc3)c3ccc(-n4c5ccccc5c5ccccc54)cc3)cc2)cc1. The van der Waals surface area contributed by atoms with Crippen molar-refractivity contribution in [3.05, 3.63) is 194 Å². The molecule has 0 saturated carbocycles. The molecule has 2 heterocycles. The number of furan rings is 1. The molecule has 0 aliphatic heterocycles. The summed E-state index contributed by atoms with van der Waals surface area (Å²) in [4.78, 5) is 2.33. The van der Waals surface area contributed by atoms with E-state index in [4.69, 9.17) is 4.42 Å². The zero-order valence-corrected chi connectivity index (χ0v) is 27.8. The summed E-state index contributed by atoms with van der Waals surface area (Å²) in [6, 6.07) is 69.2. The molecule has 51 heavy (non-hydrogen) atoms. The molecule has 10 rings (SSSR count). The van der Waals surface area contributed by atoms with Gasteiger partial charge in [-0.05, 0) is 101 Å². The Morgan fingerprint density at radius 3 is 1.41 bits per heavy atom. The quantitative estimate of drug-likeness (QED) is 0.178. The Balaban J connectivity index is 1.06. The zero-order valence-electron chi connectivity index (χ0n) is 27.8. The number of aromatic nitrogens is 1. The molecule has 0 amide bonds. The lowest BCUT2D eigenvalue weighted by Crippen LogP contribution is -2.10. The van der Waals surface area contributed by atoms with Crippen molar-refractivity contribution in [2.75, 3.05) is 4.90 Å². The highest BCUT2D eigenvalue weighted by atomic mass is 16.3.